The number of nitrogens with one attached hydrogen (secondary N) is 1. The predicted octanol–water partition coefficient (Wildman–Crippen LogP) is 5.50. The van der Waals surface area contributed by atoms with Crippen LogP contribution in [0.1, 0.15) is 72.6 Å². The highest BCUT2D eigenvalue weighted by Gasteiger charge is 2.55. The lowest BCUT2D eigenvalue weighted by Gasteiger charge is -2.47. The minimum atomic E-state index is -4.37. The molecule has 35 heavy (non-hydrogen) atoms. The molecule has 1 saturated heterocycles. The summed E-state index contributed by atoms with van der Waals surface area (Å²) in [7, 11) is 1.33. The first-order valence-corrected chi connectivity index (χ1v) is 11.9. The van der Waals surface area contributed by atoms with Gasteiger partial charge in [0.2, 0.25) is 5.91 Å². The number of hydrogen-bond donors (Lipinski definition) is 1. The van der Waals surface area contributed by atoms with Crippen molar-refractivity contribution in [2.24, 2.45) is 5.41 Å². The van der Waals surface area contributed by atoms with Gasteiger partial charge in [-0.2, -0.15) is 13.2 Å². The van der Waals surface area contributed by atoms with Gasteiger partial charge in [0.15, 0.2) is 0 Å². The molecule has 4 rings (SSSR count). The van der Waals surface area contributed by atoms with Gasteiger partial charge in [-0.1, -0.05) is 24.3 Å². The van der Waals surface area contributed by atoms with Crippen LogP contribution in [-0.2, 0) is 22.3 Å². The Kier molecular flexibility index (Phi) is 6.70. The van der Waals surface area contributed by atoms with E-state index < -0.39 is 23.2 Å². The second-order valence-electron chi connectivity index (χ2n) is 10.1. The standard InChI is InChI=1S/C27H31F3N2O3/c1-18(20-6-8-21(9-7-20)23(33)35-3)31-24(34)25(2)17-26(12-13-26)14-15-32(25)16-19-4-10-22(11-5-19)27(28,29)30/h4-11,18H,12-17H2,1-3H3,(H,31,34)/t18-,25?/m0/s1. The number of carbonyl (C=O) groups is 2. The van der Waals surface area contributed by atoms with E-state index >= 15 is 0 Å². The largest absolute Gasteiger partial charge is 0.465 e. The number of halogens is 3. The first kappa shape index (κ1) is 25.2. The SMILES string of the molecule is COC(=O)c1ccc([C@H](C)NC(=O)C2(C)CC3(CCN2Cc2ccc(C(F)(F)F)cc2)CC3)cc1. The summed E-state index contributed by atoms with van der Waals surface area (Å²) in [4.78, 5) is 27.4. The molecule has 2 aromatic carbocycles. The molecule has 1 N–H and O–H groups in total. The van der Waals surface area contributed by atoms with Crippen LogP contribution in [0, 0.1) is 5.41 Å². The molecular weight excluding hydrogens is 457 g/mol. The molecule has 1 heterocycles. The zero-order chi connectivity index (χ0) is 25.4. The van der Waals surface area contributed by atoms with Crippen LogP contribution < -0.4 is 5.32 Å². The third kappa shape index (κ3) is 5.37. The maximum absolute atomic E-state index is 13.7. The second kappa shape index (κ2) is 9.30. The van der Waals surface area contributed by atoms with E-state index in [1.54, 1.807) is 24.3 Å². The number of amides is 1. The van der Waals surface area contributed by atoms with Gasteiger partial charge in [-0.3, -0.25) is 9.69 Å². The average Bonchev–Trinajstić information content (AvgIpc) is 3.58. The van der Waals surface area contributed by atoms with Gasteiger partial charge in [0, 0.05) is 13.1 Å². The van der Waals surface area contributed by atoms with E-state index in [0.717, 1.165) is 48.9 Å². The Bertz CT molecular complexity index is 1080. The van der Waals surface area contributed by atoms with Crippen LogP contribution in [0.4, 0.5) is 13.2 Å². The fraction of sp³-hybridized carbons (Fsp3) is 0.481. The van der Waals surface area contributed by atoms with Gasteiger partial charge in [0.05, 0.1) is 29.8 Å². The number of alkyl halides is 3. The molecule has 5 nitrogen and oxygen atoms in total. The Morgan fingerprint density at radius 1 is 1.06 bits per heavy atom. The lowest BCUT2D eigenvalue weighted by atomic mass is 9.78. The summed E-state index contributed by atoms with van der Waals surface area (Å²) >= 11 is 0. The Labute approximate surface area is 203 Å². The van der Waals surface area contributed by atoms with Gasteiger partial charge in [0.1, 0.15) is 0 Å². The number of benzene rings is 2. The summed E-state index contributed by atoms with van der Waals surface area (Å²) in [6.45, 7) is 4.95. The maximum atomic E-state index is 13.7. The van der Waals surface area contributed by atoms with Crippen LogP contribution in [0.5, 0.6) is 0 Å². The Morgan fingerprint density at radius 3 is 2.23 bits per heavy atom. The van der Waals surface area contributed by atoms with Gasteiger partial charge in [-0.15, -0.1) is 0 Å². The molecule has 2 fully saturated rings. The number of hydrogen-bond acceptors (Lipinski definition) is 4. The topological polar surface area (TPSA) is 58.6 Å². The van der Waals surface area contributed by atoms with Gasteiger partial charge in [0.25, 0.3) is 0 Å². The smallest absolute Gasteiger partial charge is 0.416 e. The molecule has 1 saturated carbocycles. The van der Waals surface area contributed by atoms with E-state index in [2.05, 4.69) is 10.2 Å². The van der Waals surface area contributed by atoms with E-state index in [4.69, 9.17) is 4.74 Å². The molecule has 2 aromatic rings. The van der Waals surface area contributed by atoms with Gasteiger partial charge < -0.3 is 10.1 Å². The van der Waals surface area contributed by atoms with Crippen molar-refractivity contribution in [1.29, 1.82) is 0 Å². The highest BCUT2D eigenvalue weighted by Crippen LogP contribution is 2.58. The number of ether oxygens (including phenoxy) is 1. The van der Waals surface area contributed by atoms with Crippen molar-refractivity contribution in [2.75, 3.05) is 13.7 Å². The summed E-state index contributed by atoms with van der Waals surface area (Å²) in [6, 6.07) is 11.8. The van der Waals surface area contributed by atoms with Crippen LogP contribution >= 0.6 is 0 Å². The third-order valence-corrected chi connectivity index (χ3v) is 7.61. The number of esters is 1. The molecular formula is C27H31F3N2O3. The number of nitrogens with zero attached hydrogens (tertiary/aromatic N) is 1. The molecule has 0 aromatic heterocycles. The van der Waals surface area contributed by atoms with Crippen molar-refractivity contribution in [1.82, 2.24) is 10.2 Å². The molecule has 0 bridgehead atoms. The summed E-state index contributed by atoms with van der Waals surface area (Å²) in [5.41, 5.74) is 0.777. The molecule has 1 amide bonds. The zero-order valence-electron chi connectivity index (χ0n) is 20.2. The van der Waals surface area contributed by atoms with Crippen LogP contribution in [0.15, 0.2) is 48.5 Å². The van der Waals surface area contributed by atoms with E-state index in [-0.39, 0.29) is 17.4 Å². The number of piperidine rings is 1. The Morgan fingerprint density at radius 2 is 1.69 bits per heavy atom. The van der Waals surface area contributed by atoms with E-state index in [9.17, 15) is 22.8 Å². The van der Waals surface area contributed by atoms with Crippen LogP contribution in [-0.4, -0.2) is 36.0 Å². The minimum Gasteiger partial charge on any atom is -0.465 e. The Balaban J connectivity index is 1.50. The lowest BCUT2D eigenvalue weighted by Crippen LogP contribution is -2.60. The van der Waals surface area contributed by atoms with E-state index in [1.165, 1.54) is 19.2 Å². The second-order valence-corrected chi connectivity index (χ2v) is 10.1. The molecule has 1 spiro atoms. The number of rotatable bonds is 6. The maximum Gasteiger partial charge on any atom is 0.416 e. The molecule has 1 aliphatic carbocycles. The molecule has 0 radical (unpaired) electrons. The van der Waals surface area contributed by atoms with Crippen molar-refractivity contribution in [3.05, 3.63) is 70.8 Å². The van der Waals surface area contributed by atoms with Gasteiger partial charge >= 0.3 is 12.1 Å². The van der Waals surface area contributed by atoms with Crippen molar-refractivity contribution in [3.8, 4) is 0 Å². The van der Waals surface area contributed by atoms with Crippen molar-refractivity contribution < 1.29 is 27.5 Å². The molecule has 188 valence electrons. The monoisotopic (exact) mass is 488 g/mol. The zero-order valence-corrected chi connectivity index (χ0v) is 20.2. The fourth-order valence-corrected chi connectivity index (χ4v) is 5.11. The predicted molar refractivity (Wildman–Crippen MR) is 125 cm³/mol. The minimum absolute atomic E-state index is 0.0973. The van der Waals surface area contributed by atoms with Crippen LogP contribution in [0.25, 0.3) is 0 Å². The Hall–Kier alpha value is -2.87. The third-order valence-electron chi connectivity index (χ3n) is 7.61. The highest BCUT2D eigenvalue weighted by atomic mass is 19.4. The first-order chi connectivity index (χ1) is 16.5. The molecule has 1 unspecified atom stereocenters. The quantitative estimate of drug-likeness (QED) is 0.546. The lowest BCUT2D eigenvalue weighted by molar-refractivity contribution is -0.138. The fourth-order valence-electron chi connectivity index (χ4n) is 5.11. The van der Waals surface area contributed by atoms with Crippen molar-refractivity contribution in [2.45, 2.75) is 63.8 Å². The van der Waals surface area contributed by atoms with E-state index in [1.807, 2.05) is 13.8 Å². The average molecular weight is 489 g/mol. The summed E-state index contributed by atoms with van der Waals surface area (Å²) in [6.07, 6.45) is -0.452. The van der Waals surface area contributed by atoms with Crippen LogP contribution in [0.3, 0.4) is 0 Å². The van der Waals surface area contributed by atoms with Gasteiger partial charge in [-0.05, 0) is 80.3 Å². The van der Waals surface area contributed by atoms with Crippen molar-refractivity contribution >= 4 is 11.9 Å². The highest BCUT2D eigenvalue weighted by molar-refractivity contribution is 5.89. The number of likely N-dealkylation sites (tertiary alicyclic amines) is 1. The molecule has 2 aliphatic rings. The first-order valence-electron chi connectivity index (χ1n) is 11.9. The summed E-state index contributed by atoms with van der Waals surface area (Å²) < 4.78 is 43.6. The number of carbonyl (C=O) groups excluding carboxylic acids is 2. The molecule has 2 atom stereocenters. The molecule has 8 heteroatoms. The molecule has 1 aliphatic heterocycles. The van der Waals surface area contributed by atoms with Crippen molar-refractivity contribution in [3.63, 3.8) is 0 Å². The van der Waals surface area contributed by atoms with Crippen LogP contribution in [0.2, 0.25) is 0 Å². The summed E-state index contributed by atoms with van der Waals surface area (Å²) in [5, 5.41) is 3.13. The van der Waals surface area contributed by atoms with Gasteiger partial charge in [-0.25, -0.2) is 4.79 Å². The van der Waals surface area contributed by atoms with E-state index in [0.29, 0.717) is 18.7 Å². The normalized spacial score (nSPS) is 22.5. The summed E-state index contributed by atoms with van der Waals surface area (Å²) in [5.74, 6) is -0.517. The number of methoxy groups -OCH3 is 1.